The van der Waals surface area contributed by atoms with Crippen LogP contribution in [0.25, 0.3) is 0 Å². The predicted molar refractivity (Wildman–Crippen MR) is 59.1 cm³/mol. The molecule has 86 valence electrons. The number of methoxy groups -OCH3 is 1. The molecule has 7 heteroatoms. The van der Waals surface area contributed by atoms with Crippen molar-refractivity contribution in [3.8, 4) is 5.75 Å². The fraction of sp³-hybridized carbons (Fsp3) is 0.222. The summed E-state index contributed by atoms with van der Waals surface area (Å²) in [7, 11) is 2.85. The van der Waals surface area contributed by atoms with Crippen LogP contribution >= 0.6 is 11.6 Å². The first kappa shape index (κ1) is 12.3. The first-order valence-corrected chi connectivity index (χ1v) is 4.59. The predicted octanol–water partition coefficient (Wildman–Crippen LogP) is 1.85. The highest BCUT2D eigenvalue weighted by molar-refractivity contribution is 6.33. The van der Waals surface area contributed by atoms with Crippen LogP contribution in [0.1, 0.15) is 0 Å². The second-order valence-electron chi connectivity index (χ2n) is 2.95. The van der Waals surface area contributed by atoms with Crippen molar-refractivity contribution in [2.75, 3.05) is 19.1 Å². The number of amides is 1. The number of nitro benzene ring substituents is 1. The normalized spacial score (nSPS) is 9.69. The number of hydrogen-bond acceptors (Lipinski definition) is 4. The second kappa shape index (κ2) is 4.80. The van der Waals surface area contributed by atoms with Gasteiger partial charge in [-0.1, -0.05) is 11.6 Å². The van der Waals surface area contributed by atoms with Gasteiger partial charge in [0, 0.05) is 7.05 Å². The first-order chi connectivity index (χ1) is 7.51. The molecule has 0 aromatic heterocycles. The van der Waals surface area contributed by atoms with Gasteiger partial charge in [0.25, 0.3) is 5.69 Å². The molecule has 0 radical (unpaired) electrons. The molecule has 0 saturated carbocycles. The molecular formula is C9H9ClN2O4. The van der Waals surface area contributed by atoms with E-state index in [0.29, 0.717) is 12.1 Å². The van der Waals surface area contributed by atoms with Gasteiger partial charge in [-0.2, -0.15) is 0 Å². The summed E-state index contributed by atoms with van der Waals surface area (Å²) >= 11 is 5.71. The van der Waals surface area contributed by atoms with Gasteiger partial charge in [-0.25, -0.2) is 0 Å². The monoisotopic (exact) mass is 244 g/mol. The second-order valence-corrected chi connectivity index (χ2v) is 3.36. The summed E-state index contributed by atoms with van der Waals surface area (Å²) in [6.07, 6.45) is 0.556. The van der Waals surface area contributed by atoms with E-state index in [4.69, 9.17) is 16.3 Å². The van der Waals surface area contributed by atoms with Gasteiger partial charge in [0.05, 0.1) is 23.8 Å². The first-order valence-electron chi connectivity index (χ1n) is 4.21. The molecule has 0 unspecified atom stereocenters. The topological polar surface area (TPSA) is 72.7 Å². The molecular weight excluding hydrogens is 236 g/mol. The summed E-state index contributed by atoms with van der Waals surface area (Å²) in [6.45, 7) is 0. The smallest absolute Gasteiger partial charge is 0.291 e. The quantitative estimate of drug-likeness (QED) is 0.460. The van der Waals surface area contributed by atoms with Gasteiger partial charge in [-0.15, -0.1) is 0 Å². The zero-order valence-corrected chi connectivity index (χ0v) is 9.39. The summed E-state index contributed by atoms with van der Waals surface area (Å²) in [4.78, 5) is 21.8. The Morgan fingerprint density at radius 1 is 1.56 bits per heavy atom. The standard InChI is InChI=1S/C9H9ClN2O4/c1-11(5-13)8-3-6(10)7(12(14)15)4-9(8)16-2/h3-5H,1-2H3. The fourth-order valence-electron chi connectivity index (χ4n) is 1.17. The van der Waals surface area contributed by atoms with Crippen LogP contribution in [-0.2, 0) is 4.79 Å². The summed E-state index contributed by atoms with van der Waals surface area (Å²) in [5.74, 6) is 0.214. The molecule has 0 saturated heterocycles. The zero-order valence-electron chi connectivity index (χ0n) is 8.64. The molecule has 1 aromatic carbocycles. The maximum Gasteiger partial charge on any atom is 0.291 e. The molecule has 0 aliphatic carbocycles. The molecule has 0 aliphatic rings. The van der Waals surface area contributed by atoms with E-state index in [1.54, 1.807) is 0 Å². The fourth-order valence-corrected chi connectivity index (χ4v) is 1.39. The Morgan fingerprint density at radius 2 is 2.19 bits per heavy atom. The molecule has 1 rings (SSSR count). The van der Waals surface area contributed by atoms with E-state index < -0.39 is 4.92 Å². The third-order valence-electron chi connectivity index (χ3n) is 1.98. The third kappa shape index (κ3) is 2.22. The van der Waals surface area contributed by atoms with Crippen LogP contribution in [0.3, 0.4) is 0 Å². The number of hydrogen-bond donors (Lipinski definition) is 0. The Balaban J connectivity index is 3.37. The summed E-state index contributed by atoms with van der Waals surface area (Å²) < 4.78 is 4.95. The zero-order chi connectivity index (χ0) is 12.3. The average molecular weight is 245 g/mol. The minimum atomic E-state index is -0.616. The van der Waals surface area contributed by atoms with Crippen LogP contribution in [0, 0.1) is 10.1 Å². The number of anilines is 1. The van der Waals surface area contributed by atoms with Gasteiger partial charge in [-0.3, -0.25) is 14.9 Å². The van der Waals surface area contributed by atoms with Crippen LogP contribution in [0.15, 0.2) is 12.1 Å². The lowest BCUT2D eigenvalue weighted by Gasteiger charge is -2.15. The van der Waals surface area contributed by atoms with Crippen LogP contribution in [0.2, 0.25) is 5.02 Å². The van der Waals surface area contributed by atoms with Crippen molar-refractivity contribution >= 4 is 29.4 Å². The van der Waals surface area contributed by atoms with E-state index in [-0.39, 0.29) is 16.5 Å². The minimum absolute atomic E-state index is 0.0468. The van der Waals surface area contributed by atoms with Crippen molar-refractivity contribution in [2.45, 2.75) is 0 Å². The van der Waals surface area contributed by atoms with Crippen molar-refractivity contribution in [1.82, 2.24) is 0 Å². The number of ether oxygens (including phenoxy) is 1. The van der Waals surface area contributed by atoms with E-state index in [9.17, 15) is 14.9 Å². The van der Waals surface area contributed by atoms with Gasteiger partial charge >= 0.3 is 0 Å². The van der Waals surface area contributed by atoms with Crippen molar-refractivity contribution < 1.29 is 14.5 Å². The largest absolute Gasteiger partial charge is 0.494 e. The summed E-state index contributed by atoms with van der Waals surface area (Å²) in [5.41, 5.74) is 0.106. The molecule has 0 aliphatic heterocycles. The lowest BCUT2D eigenvalue weighted by molar-refractivity contribution is -0.384. The van der Waals surface area contributed by atoms with Crippen LogP contribution in [-0.4, -0.2) is 25.5 Å². The lowest BCUT2D eigenvalue weighted by Crippen LogP contribution is -2.14. The SMILES string of the molecule is COc1cc([N+](=O)[O-])c(Cl)cc1N(C)C=O. The molecule has 0 atom stereocenters. The van der Waals surface area contributed by atoms with E-state index in [1.807, 2.05) is 0 Å². The Hall–Kier alpha value is -1.82. The van der Waals surface area contributed by atoms with Crippen molar-refractivity contribution in [1.29, 1.82) is 0 Å². The number of nitro groups is 1. The van der Waals surface area contributed by atoms with E-state index in [1.165, 1.54) is 31.2 Å². The van der Waals surface area contributed by atoms with Gasteiger partial charge in [0.2, 0.25) is 6.41 Å². The molecule has 1 amide bonds. The molecule has 1 aromatic rings. The van der Waals surface area contributed by atoms with Crippen molar-refractivity contribution in [3.05, 3.63) is 27.3 Å². The lowest BCUT2D eigenvalue weighted by atomic mass is 10.2. The number of nitrogens with zero attached hydrogens (tertiary/aromatic N) is 2. The maximum atomic E-state index is 10.6. The Morgan fingerprint density at radius 3 is 2.62 bits per heavy atom. The van der Waals surface area contributed by atoms with E-state index >= 15 is 0 Å². The summed E-state index contributed by atoms with van der Waals surface area (Å²) in [6, 6.07) is 2.49. The molecule has 0 spiro atoms. The van der Waals surface area contributed by atoms with Crippen molar-refractivity contribution in [3.63, 3.8) is 0 Å². The maximum absolute atomic E-state index is 10.6. The molecule has 0 N–H and O–H groups in total. The summed E-state index contributed by atoms with van der Waals surface area (Å²) in [5, 5.41) is 10.6. The molecule has 16 heavy (non-hydrogen) atoms. The van der Waals surface area contributed by atoms with Gasteiger partial charge in [-0.05, 0) is 6.07 Å². The van der Waals surface area contributed by atoms with Crippen LogP contribution in [0.5, 0.6) is 5.75 Å². The Labute approximate surface area is 96.5 Å². The highest BCUT2D eigenvalue weighted by atomic mass is 35.5. The molecule has 0 heterocycles. The van der Waals surface area contributed by atoms with Crippen LogP contribution < -0.4 is 9.64 Å². The van der Waals surface area contributed by atoms with Gasteiger partial charge in [0.1, 0.15) is 10.8 Å². The Bertz CT molecular complexity index is 436. The van der Waals surface area contributed by atoms with Gasteiger partial charge < -0.3 is 9.64 Å². The highest BCUT2D eigenvalue weighted by Crippen LogP contribution is 2.36. The molecule has 6 nitrogen and oxygen atoms in total. The van der Waals surface area contributed by atoms with Gasteiger partial charge in [0.15, 0.2) is 0 Å². The van der Waals surface area contributed by atoms with E-state index in [0.717, 1.165) is 0 Å². The highest BCUT2D eigenvalue weighted by Gasteiger charge is 2.19. The number of carbonyl (C=O) groups is 1. The van der Waals surface area contributed by atoms with Crippen LogP contribution in [0.4, 0.5) is 11.4 Å². The molecule has 0 bridgehead atoms. The number of rotatable bonds is 4. The van der Waals surface area contributed by atoms with Crippen molar-refractivity contribution in [2.24, 2.45) is 0 Å². The molecule has 0 fully saturated rings. The number of benzene rings is 1. The Kier molecular flexibility index (Phi) is 3.68. The number of halogens is 1. The third-order valence-corrected chi connectivity index (χ3v) is 2.29. The average Bonchev–Trinajstić information content (AvgIpc) is 2.27. The van der Waals surface area contributed by atoms with E-state index in [2.05, 4.69) is 0 Å². The number of carbonyl (C=O) groups excluding carboxylic acids is 1. The minimum Gasteiger partial charge on any atom is -0.494 e.